The summed E-state index contributed by atoms with van der Waals surface area (Å²) in [6.07, 6.45) is 0. The van der Waals surface area contributed by atoms with Gasteiger partial charge >= 0.3 is 0 Å². The van der Waals surface area contributed by atoms with Crippen LogP contribution in [0.3, 0.4) is 0 Å². The van der Waals surface area contributed by atoms with Gasteiger partial charge in [0.15, 0.2) is 0 Å². The molecule has 0 radical (unpaired) electrons. The zero-order chi connectivity index (χ0) is 11.1. The Morgan fingerprint density at radius 2 is 2.07 bits per heavy atom. The van der Waals surface area contributed by atoms with E-state index in [1.165, 1.54) is 0 Å². The van der Waals surface area contributed by atoms with Crippen LogP contribution in [0.25, 0.3) is 10.2 Å². The lowest BCUT2D eigenvalue weighted by Gasteiger charge is -2.13. The van der Waals surface area contributed by atoms with Crippen LogP contribution < -0.4 is 0 Å². The van der Waals surface area contributed by atoms with E-state index in [0.717, 1.165) is 20.8 Å². The van der Waals surface area contributed by atoms with E-state index >= 15 is 0 Å². The van der Waals surface area contributed by atoms with Crippen molar-refractivity contribution in [1.29, 1.82) is 0 Å². The molecule has 0 aliphatic heterocycles. The molecule has 80 valence electrons. The smallest absolute Gasteiger partial charge is 0.0992 e. The van der Waals surface area contributed by atoms with Crippen LogP contribution in [0, 0.1) is 0 Å². The molecule has 0 unspecified atom stereocenters. The number of rotatable bonds is 1. The number of thiazole rings is 1. The van der Waals surface area contributed by atoms with Crippen molar-refractivity contribution in [3.05, 3.63) is 28.8 Å². The summed E-state index contributed by atoms with van der Waals surface area (Å²) < 4.78 is 1.16. The fourth-order valence-electron chi connectivity index (χ4n) is 1.39. The van der Waals surface area contributed by atoms with Gasteiger partial charge in [-0.1, -0.05) is 26.8 Å². The number of aliphatic hydroxyl groups is 1. The number of fused-ring (bicyclic) bond motifs is 1. The Bertz CT molecular complexity index is 482. The highest BCUT2D eigenvalue weighted by molar-refractivity contribution is 7.18. The molecule has 0 saturated heterocycles. The molecule has 0 saturated carbocycles. The number of hydrogen-bond acceptors (Lipinski definition) is 3. The molecule has 0 amide bonds. The molecule has 1 heterocycles. The van der Waals surface area contributed by atoms with Crippen molar-refractivity contribution in [2.24, 2.45) is 0 Å². The summed E-state index contributed by atoms with van der Waals surface area (Å²) in [5.74, 6) is 0. The maximum absolute atomic E-state index is 9.05. The number of benzene rings is 1. The van der Waals surface area contributed by atoms with Crippen LogP contribution in [0.1, 0.15) is 31.3 Å². The molecule has 0 aliphatic carbocycles. The Hall–Kier alpha value is -0.930. The van der Waals surface area contributed by atoms with E-state index in [4.69, 9.17) is 5.11 Å². The summed E-state index contributed by atoms with van der Waals surface area (Å²) in [5.41, 5.74) is 2.08. The lowest BCUT2D eigenvalue weighted by atomic mass is 9.98. The predicted molar refractivity (Wildman–Crippen MR) is 64.2 cm³/mol. The van der Waals surface area contributed by atoms with Gasteiger partial charge < -0.3 is 5.11 Å². The fraction of sp³-hybridized carbons (Fsp3) is 0.417. The average molecular weight is 221 g/mol. The maximum Gasteiger partial charge on any atom is 0.0992 e. The second kappa shape index (κ2) is 3.58. The van der Waals surface area contributed by atoms with Crippen LogP contribution in [0.2, 0.25) is 0 Å². The van der Waals surface area contributed by atoms with E-state index < -0.39 is 0 Å². The Morgan fingerprint density at radius 3 is 2.67 bits per heavy atom. The molecular formula is C12H15NOS. The SMILES string of the molecule is CC(C)(C)c1nc2ccc(CO)cc2s1. The molecule has 1 N–H and O–H groups in total. The van der Waals surface area contributed by atoms with E-state index in [0.29, 0.717) is 0 Å². The van der Waals surface area contributed by atoms with E-state index in [1.807, 2.05) is 18.2 Å². The van der Waals surface area contributed by atoms with Gasteiger partial charge in [-0.3, -0.25) is 0 Å². The zero-order valence-corrected chi connectivity index (χ0v) is 10.1. The average Bonchev–Trinajstić information content (AvgIpc) is 2.59. The molecule has 0 spiro atoms. The highest BCUT2D eigenvalue weighted by atomic mass is 32.1. The molecule has 1 aromatic carbocycles. The summed E-state index contributed by atoms with van der Waals surface area (Å²) in [4.78, 5) is 4.60. The van der Waals surface area contributed by atoms with Gasteiger partial charge in [-0.2, -0.15) is 0 Å². The summed E-state index contributed by atoms with van der Waals surface area (Å²) in [6, 6.07) is 5.92. The third kappa shape index (κ3) is 2.03. The van der Waals surface area contributed by atoms with Crippen LogP contribution in [0.15, 0.2) is 18.2 Å². The van der Waals surface area contributed by atoms with Gasteiger partial charge in [0.05, 0.1) is 21.8 Å². The first kappa shape index (κ1) is 10.6. The summed E-state index contributed by atoms with van der Waals surface area (Å²) >= 11 is 1.71. The molecule has 2 nitrogen and oxygen atoms in total. The zero-order valence-electron chi connectivity index (χ0n) is 9.24. The molecular weight excluding hydrogens is 206 g/mol. The van der Waals surface area contributed by atoms with Crippen molar-refractivity contribution in [3.63, 3.8) is 0 Å². The first-order valence-corrected chi connectivity index (χ1v) is 5.83. The first-order chi connectivity index (χ1) is 7.00. The topological polar surface area (TPSA) is 33.1 Å². The van der Waals surface area contributed by atoms with Gasteiger partial charge in [0, 0.05) is 5.41 Å². The third-order valence-electron chi connectivity index (χ3n) is 2.28. The number of aromatic nitrogens is 1. The minimum absolute atomic E-state index is 0.0959. The largest absolute Gasteiger partial charge is 0.392 e. The Balaban J connectivity index is 2.56. The Labute approximate surface area is 93.6 Å². The molecule has 2 aromatic rings. The van der Waals surface area contributed by atoms with Crippen molar-refractivity contribution >= 4 is 21.6 Å². The molecule has 0 aliphatic rings. The fourth-order valence-corrected chi connectivity index (χ4v) is 2.48. The van der Waals surface area contributed by atoms with Crippen LogP contribution in [0.5, 0.6) is 0 Å². The minimum atomic E-state index is 0.0959. The van der Waals surface area contributed by atoms with Gasteiger partial charge in [0.2, 0.25) is 0 Å². The second-order valence-electron chi connectivity index (χ2n) is 4.73. The van der Waals surface area contributed by atoms with Crippen LogP contribution in [-0.2, 0) is 12.0 Å². The van der Waals surface area contributed by atoms with E-state index in [-0.39, 0.29) is 12.0 Å². The molecule has 0 atom stereocenters. The quantitative estimate of drug-likeness (QED) is 0.802. The van der Waals surface area contributed by atoms with Crippen LogP contribution in [0.4, 0.5) is 0 Å². The van der Waals surface area contributed by atoms with Gasteiger partial charge in [-0.15, -0.1) is 11.3 Å². The molecule has 15 heavy (non-hydrogen) atoms. The maximum atomic E-state index is 9.05. The third-order valence-corrected chi connectivity index (χ3v) is 3.72. The molecule has 2 rings (SSSR count). The summed E-state index contributed by atoms with van der Waals surface area (Å²) in [5, 5.41) is 10.2. The monoisotopic (exact) mass is 221 g/mol. The molecule has 0 bridgehead atoms. The van der Waals surface area contributed by atoms with Crippen molar-refractivity contribution in [2.45, 2.75) is 32.8 Å². The van der Waals surface area contributed by atoms with Crippen LogP contribution >= 0.6 is 11.3 Å². The molecule has 0 fully saturated rings. The standard InChI is InChI=1S/C12H15NOS/c1-12(2,3)11-13-9-5-4-8(7-14)6-10(9)15-11/h4-6,14H,7H2,1-3H3. The van der Waals surface area contributed by atoms with Gasteiger partial charge in [-0.05, 0) is 17.7 Å². The highest BCUT2D eigenvalue weighted by Crippen LogP contribution is 2.31. The van der Waals surface area contributed by atoms with E-state index in [1.54, 1.807) is 11.3 Å². The number of hydrogen-bond donors (Lipinski definition) is 1. The predicted octanol–water partition coefficient (Wildman–Crippen LogP) is 3.09. The van der Waals surface area contributed by atoms with Crippen molar-refractivity contribution in [2.75, 3.05) is 0 Å². The summed E-state index contributed by atoms with van der Waals surface area (Å²) in [7, 11) is 0. The van der Waals surface area contributed by atoms with E-state index in [2.05, 4.69) is 25.8 Å². The summed E-state index contributed by atoms with van der Waals surface area (Å²) in [6.45, 7) is 6.59. The van der Waals surface area contributed by atoms with Gasteiger partial charge in [0.1, 0.15) is 0 Å². The normalized spacial score (nSPS) is 12.3. The number of aliphatic hydroxyl groups excluding tert-OH is 1. The van der Waals surface area contributed by atoms with Crippen molar-refractivity contribution < 1.29 is 5.11 Å². The minimum Gasteiger partial charge on any atom is -0.392 e. The second-order valence-corrected chi connectivity index (χ2v) is 5.76. The molecule has 3 heteroatoms. The van der Waals surface area contributed by atoms with E-state index in [9.17, 15) is 0 Å². The van der Waals surface area contributed by atoms with Gasteiger partial charge in [0.25, 0.3) is 0 Å². The van der Waals surface area contributed by atoms with Crippen molar-refractivity contribution in [1.82, 2.24) is 4.98 Å². The lowest BCUT2D eigenvalue weighted by molar-refractivity contribution is 0.282. The number of nitrogens with zero attached hydrogens (tertiary/aromatic N) is 1. The highest BCUT2D eigenvalue weighted by Gasteiger charge is 2.18. The Kier molecular flexibility index (Phi) is 2.52. The Morgan fingerprint density at radius 1 is 1.33 bits per heavy atom. The first-order valence-electron chi connectivity index (χ1n) is 5.01. The lowest BCUT2D eigenvalue weighted by Crippen LogP contribution is -2.09. The van der Waals surface area contributed by atoms with Crippen LogP contribution in [-0.4, -0.2) is 10.1 Å². The van der Waals surface area contributed by atoms with Crippen molar-refractivity contribution in [3.8, 4) is 0 Å². The van der Waals surface area contributed by atoms with Gasteiger partial charge in [-0.25, -0.2) is 4.98 Å². The molecule has 1 aromatic heterocycles.